The standard InChI is InChI=1S/C24H23F2N5O4/c1-14-20(21(33)31(29(14)3)16-7-5-4-6-8-16)27-19(32)11-12-30-22(34)24(2,28-23(30)35)17-13-15(25)9-10-18(17)26/h4-10,13H,11-12H2,1-3H3,(H,27,32)(H,28,35). The van der Waals surface area contributed by atoms with E-state index in [9.17, 15) is 28.0 Å². The van der Waals surface area contributed by atoms with Crippen molar-refractivity contribution in [2.24, 2.45) is 7.05 Å². The molecule has 0 spiro atoms. The van der Waals surface area contributed by atoms with Gasteiger partial charge in [0.2, 0.25) is 5.91 Å². The van der Waals surface area contributed by atoms with E-state index in [1.165, 1.54) is 11.6 Å². The van der Waals surface area contributed by atoms with E-state index in [1.807, 2.05) is 6.07 Å². The molecule has 0 radical (unpaired) electrons. The van der Waals surface area contributed by atoms with Gasteiger partial charge in [0.05, 0.1) is 11.4 Å². The minimum atomic E-state index is -1.82. The molecule has 1 unspecified atom stereocenters. The third-order valence-corrected chi connectivity index (χ3v) is 6.12. The van der Waals surface area contributed by atoms with Gasteiger partial charge in [-0.05, 0) is 44.2 Å². The van der Waals surface area contributed by atoms with Crippen LogP contribution in [0.2, 0.25) is 0 Å². The highest BCUT2D eigenvalue weighted by atomic mass is 19.1. The van der Waals surface area contributed by atoms with Crippen molar-refractivity contribution in [2.45, 2.75) is 25.8 Å². The summed E-state index contributed by atoms with van der Waals surface area (Å²) < 4.78 is 31.0. The quantitative estimate of drug-likeness (QED) is 0.526. The maximum Gasteiger partial charge on any atom is 0.325 e. The number of rotatable bonds is 6. The molecule has 11 heteroatoms. The Balaban J connectivity index is 1.49. The van der Waals surface area contributed by atoms with E-state index in [2.05, 4.69) is 10.6 Å². The summed E-state index contributed by atoms with van der Waals surface area (Å²) in [6.07, 6.45) is -0.306. The minimum absolute atomic E-state index is 0.0743. The van der Waals surface area contributed by atoms with Crippen molar-refractivity contribution in [3.63, 3.8) is 0 Å². The first-order chi connectivity index (χ1) is 16.5. The van der Waals surface area contributed by atoms with Gasteiger partial charge in [0.1, 0.15) is 22.9 Å². The summed E-state index contributed by atoms with van der Waals surface area (Å²) in [6, 6.07) is 10.7. The molecule has 1 aliphatic heterocycles. The lowest BCUT2D eigenvalue weighted by Gasteiger charge is -2.22. The summed E-state index contributed by atoms with van der Waals surface area (Å²) in [5.41, 5.74) is -1.37. The summed E-state index contributed by atoms with van der Waals surface area (Å²) in [6.45, 7) is 2.62. The number of hydrogen-bond acceptors (Lipinski definition) is 4. The molecule has 0 bridgehead atoms. The topological polar surface area (TPSA) is 105 Å². The normalized spacial score (nSPS) is 17.6. The number of anilines is 1. The van der Waals surface area contributed by atoms with Crippen molar-refractivity contribution < 1.29 is 23.2 Å². The number of para-hydroxylation sites is 1. The number of aromatic nitrogens is 2. The molecule has 9 nitrogen and oxygen atoms in total. The van der Waals surface area contributed by atoms with Gasteiger partial charge in [0.15, 0.2) is 0 Å². The molecule has 1 saturated heterocycles. The first kappa shape index (κ1) is 23.9. The second-order valence-electron chi connectivity index (χ2n) is 8.37. The van der Waals surface area contributed by atoms with Gasteiger partial charge < -0.3 is 10.6 Å². The number of urea groups is 1. The third-order valence-electron chi connectivity index (χ3n) is 6.12. The van der Waals surface area contributed by atoms with E-state index >= 15 is 0 Å². The molecule has 0 aliphatic carbocycles. The van der Waals surface area contributed by atoms with Crippen LogP contribution < -0.4 is 16.2 Å². The minimum Gasteiger partial charge on any atom is -0.320 e. The summed E-state index contributed by atoms with van der Waals surface area (Å²) in [5.74, 6) is -3.03. The van der Waals surface area contributed by atoms with Crippen LogP contribution in [0.4, 0.5) is 19.3 Å². The summed E-state index contributed by atoms with van der Waals surface area (Å²) in [7, 11) is 1.68. The highest BCUT2D eigenvalue weighted by Crippen LogP contribution is 2.31. The zero-order chi connectivity index (χ0) is 25.5. The highest BCUT2D eigenvalue weighted by Gasteiger charge is 2.50. The van der Waals surface area contributed by atoms with Crippen LogP contribution in [0.25, 0.3) is 5.69 Å². The van der Waals surface area contributed by atoms with Gasteiger partial charge >= 0.3 is 6.03 Å². The average molecular weight is 483 g/mol. The van der Waals surface area contributed by atoms with E-state index in [0.29, 0.717) is 11.4 Å². The van der Waals surface area contributed by atoms with Crippen molar-refractivity contribution >= 4 is 23.5 Å². The van der Waals surface area contributed by atoms with Crippen molar-refractivity contribution in [3.8, 4) is 5.69 Å². The number of halogens is 2. The SMILES string of the molecule is Cc1c(NC(=O)CCN2C(=O)NC(C)(c3cc(F)ccc3F)C2=O)c(=O)n(-c2ccccc2)n1C. The Morgan fingerprint density at radius 3 is 2.46 bits per heavy atom. The van der Waals surface area contributed by atoms with E-state index in [4.69, 9.17) is 0 Å². The summed E-state index contributed by atoms with van der Waals surface area (Å²) in [5, 5.41) is 4.94. The molecule has 2 heterocycles. The number of carbonyl (C=O) groups excluding carboxylic acids is 3. The number of nitrogens with zero attached hydrogens (tertiary/aromatic N) is 3. The molecule has 2 N–H and O–H groups in total. The molecule has 1 aliphatic rings. The third kappa shape index (κ3) is 4.09. The molecule has 35 heavy (non-hydrogen) atoms. The molecule has 1 aromatic heterocycles. The largest absolute Gasteiger partial charge is 0.325 e. The van der Waals surface area contributed by atoms with Gasteiger partial charge in [-0.1, -0.05) is 18.2 Å². The van der Waals surface area contributed by atoms with Crippen LogP contribution >= 0.6 is 0 Å². The van der Waals surface area contributed by atoms with Gasteiger partial charge in [-0.3, -0.25) is 24.0 Å². The Morgan fingerprint density at radius 1 is 1.09 bits per heavy atom. The van der Waals surface area contributed by atoms with Crippen LogP contribution in [0.15, 0.2) is 53.3 Å². The molecule has 0 saturated carbocycles. The Morgan fingerprint density at radius 2 is 1.77 bits per heavy atom. The predicted octanol–water partition coefficient (Wildman–Crippen LogP) is 2.56. The Bertz CT molecular complexity index is 1400. The number of carbonyl (C=O) groups is 3. The van der Waals surface area contributed by atoms with Crippen molar-refractivity contribution in [2.75, 3.05) is 11.9 Å². The first-order valence-corrected chi connectivity index (χ1v) is 10.8. The van der Waals surface area contributed by atoms with Crippen molar-refractivity contribution in [1.29, 1.82) is 0 Å². The van der Waals surface area contributed by atoms with Gasteiger partial charge in [0.25, 0.3) is 11.5 Å². The lowest BCUT2D eigenvalue weighted by molar-refractivity contribution is -0.131. The number of imide groups is 1. The predicted molar refractivity (Wildman–Crippen MR) is 123 cm³/mol. The molecule has 2 aromatic carbocycles. The van der Waals surface area contributed by atoms with Gasteiger partial charge in [-0.15, -0.1) is 0 Å². The second-order valence-corrected chi connectivity index (χ2v) is 8.37. The number of nitrogens with one attached hydrogen (secondary N) is 2. The molecule has 3 aromatic rings. The monoisotopic (exact) mass is 483 g/mol. The molecule has 4 amide bonds. The Labute approximate surface area is 198 Å². The van der Waals surface area contributed by atoms with Crippen LogP contribution in [0, 0.1) is 18.6 Å². The lowest BCUT2D eigenvalue weighted by Crippen LogP contribution is -2.42. The molecule has 1 fully saturated rings. The Hall–Kier alpha value is -4.28. The maximum atomic E-state index is 14.3. The van der Waals surface area contributed by atoms with Crippen LogP contribution in [-0.2, 0) is 22.2 Å². The summed E-state index contributed by atoms with van der Waals surface area (Å²) in [4.78, 5) is 51.7. The zero-order valence-corrected chi connectivity index (χ0v) is 19.3. The average Bonchev–Trinajstić information content (AvgIpc) is 3.17. The molecule has 1 atom stereocenters. The fourth-order valence-corrected chi connectivity index (χ4v) is 4.09. The van der Waals surface area contributed by atoms with E-state index in [1.54, 1.807) is 42.9 Å². The lowest BCUT2D eigenvalue weighted by atomic mass is 9.91. The first-order valence-electron chi connectivity index (χ1n) is 10.8. The fourth-order valence-electron chi connectivity index (χ4n) is 4.09. The number of amides is 4. The Kier molecular flexibility index (Phi) is 6.01. The summed E-state index contributed by atoms with van der Waals surface area (Å²) >= 11 is 0. The van der Waals surface area contributed by atoms with Crippen LogP contribution in [0.3, 0.4) is 0 Å². The molecular weight excluding hydrogens is 460 g/mol. The molecular formula is C24H23F2N5O4. The van der Waals surface area contributed by atoms with Gasteiger partial charge in [-0.2, -0.15) is 0 Å². The fraction of sp³-hybridized carbons (Fsp3) is 0.250. The number of benzene rings is 2. The maximum absolute atomic E-state index is 14.3. The van der Waals surface area contributed by atoms with E-state index in [0.717, 1.165) is 23.1 Å². The van der Waals surface area contributed by atoms with E-state index in [-0.39, 0.29) is 24.2 Å². The van der Waals surface area contributed by atoms with Crippen LogP contribution in [-0.4, -0.2) is 38.7 Å². The second kappa shape index (κ2) is 8.82. The smallest absolute Gasteiger partial charge is 0.320 e. The van der Waals surface area contributed by atoms with Crippen LogP contribution in [0.5, 0.6) is 0 Å². The van der Waals surface area contributed by atoms with Gasteiger partial charge in [-0.25, -0.2) is 18.3 Å². The molecule has 182 valence electrons. The van der Waals surface area contributed by atoms with Crippen LogP contribution in [0.1, 0.15) is 24.6 Å². The van der Waals surface area contributed by atoms with Gasteiger partial charge in [0, 0.05) is 25.6 Å². The number of hydrogen-bond donors (Lipinski definition) is 2. The van der Waals surface area contributed by atoms with E-state index < -0.39 is 40.6 Å². The van der Waals surface area contributed by atoms with Crippen molar-refractivity contribution in [1.82, 2.24) is 19.6 Å². The highest BCUT2D eigenvalue weighted by molar-refractivity contribution is 6.07. The molecule has 4 rings (SSSR count). The zero-order valence-electron chi connectivity index (χ0n) is 19.3. The van der Waals surface area contributed by atoms with Crippen molar-refractivity contribution in [3.05, 3.63) is 81.8 Å².